The first kappa shape index (κ1) is 39.8. The second-order valence-corrected chi connectivity index (χ2v) is 16.1. The van der Waals surface area contributed by atoms with Crippen LogP contribution in [-0.4, -0.2) is 101 Å². The second kappa shape index (κ2) is 15.7. The van der Waals surface area contributed by atoms with E-state index >= 15 is 0 Å². The Morgan fingerprint density at radius 2 is 2.00 bits per heavy atom. The summed E-state index contributed by atoms with van der Waals surface area (Å²) in [5, 5.41) is 25.4. The summed E-state index contributed by atoms with van der Waals surface area (Å²) in [5.41, 5.74) is 10.2. The van der Waals surface area contributed by atoms with E-state index in [0.29, 0.717) is 29.7 Å². The number of carboxylic acid groups (broad SMARTS) is 1. The maximum absolute atomic E-state index is 13.6. The van der Waals surface area contributed by atoms with Crippen molar-refractivity contribution in [2.75, 3.05) is 37.2 Å². The Kier molecular flexibility index (Phi) is 11.3. The number of carbonyl (C=O) groups excluding carboxylic acids is 2. The molecule has 3 atom stereocenters. The lowest BCUT2D eigenvalue weighted by atomic mass is 9.84. The number of pyridine rings is 1. The fraction of sp³-hybridized carbons (Fsp3) is 0.471. The minimum atomic E-state index is -5.03. The fourth-order valence-electron chi connectivity index (χ4n) is 6.45. The number of nitrogen functional groups attached to an aromatic ring is 1. The van der Waals surface area contributed by atoms with Gasteiger partial charge in [-0.25, -0.2) is 14.3 Å². The number of ether oxygens (including phenoxy) is 1. The van der Waals surface area contributed by atoms with Crippen LogP contribution in [0.1, 0.15) is 44.9 Å². The summed E-state index contributed by atoms with van der Waals surface area (Å²) >= 11 is 0.975. The molecule has 0 saturated carbocycles. The molecule has 55 heavy (non-hydrogen) atoms. The van der Waals surface area contributed by atoms with Crippen LogP contribution in [0.5, 0.6) is 5.75 Å². The fourth-order valence-corrected chi connectivity index (χ4v) is 7.46. The first-order valence-electron chi connectivity index (χ1n) is 17.5. The molecule has 3 unspecified atom stereocenters. The van der Waals surface area contributed by atoms with E-state index in [1.807, 2.05) is 12.1 Å². The van der Waals surface area contributed by atoms with Crippen LogP contribution in [0.3, 0.4) is 0 Å². The Morgan fingerprint density at radius 1 is 1.25 bits per heavy atom. The molecule has 2 fully saturated rings. The molecule has 0 spiro atoms. The lowest BCUT2D eigenvalue weighted by Gasteiger charge is -2.50. The average Bonchev–Trinajstić information content (AvgIpc) is 3.55. The number of carbonyl (C=O) groups is 3. The van der Waals surface area contributed by atoms with E-state index in [4.69, 9.17) is 25.6 Å². The topological polar surface area (TPSA) is 274 Å². The highest BCUT2D eigenvalue weighted by Gasteiger charge is 2.58. The van der Waals surface area contributed by atoms with Gasteiger partial charge < -0.3 is 36.8 Å². The zero-order valence-electron chi connectivity index (χ0n) is 30.4. The monoisotopic (exact) mass is 802 g/mol. The number of nitrogens with zero attached hydrogens (tertiary/aromatic N) is 4. The Hall–Kier alpha value is -4.93. The summed E-state index contributed by atoms with van der Waals surface area (Å²) in [6.45, 7) is 8.19. The van der Waals surface area contributed by atoms with E-state index in [-0.39, 0.29) is 17.2 Å². The van der Waals surface area contributed by atoms with Crippen LogP contribution in [0.4, 0.5) is 10.9 Å². The molecule has 3 aromatic rings. The largest absolute Gasteiger partial charge is 0.485 e. The Morgan fingerprint density at radius 3 is 2.62 bits per heavy atom. The molecule has 19 nitrogen and oxygen atoms in total. The minimum Gasteiger partial charge on any atom is -0.485 e. The summed E-state index contributed by atoms with van der Waals surface area (Å²) in [6, 6.07) is 8.50. The Labute approximate surface area is 320 Å². The van der Waals surface area contributed by atoms with Crippen molar-refractivity contribution in [2.24, 2.45) is 16.8 Å². The van der Waals surface area contributed by atoms with Crippen molar-refractivity contribution in [3.63, 3.8) is 0 Å². The summed E-state index contributed by atoms with van der Waals surface area (Å²) in [7, 11) is -5.03. The van der Waals surface area contributed by atoms with E-state index in [1.165, 1.54) is 26.2 Å². The zero-order chi connectivity index (χ0) is 39.7. The summed E-state index contributed by atoms with van der Waals surface area (Å²) in [4.78, 5) is 48.8. The normalized spacial score (nSPS) is 20.6. The Balaban J connectivity index is 1.20. The number of hydrogen-bond donors (Lipinski definition) is 7. The third kappa shape index (κ3) is 8.50. The van der Waals surface area contributed by atoms with Gasteiger partial charge >= 0.3 is 16.4 Å². The van der Waals surface area contributed by atoms with Crippen LogP contribution in [0, 0.1) is 5.92 Å². The number of nitrogens with two attached hydrogens (primary N) is 2. The molecule has 1 aromatic carbocycles. The van der Waals surface area contributed by atoms with Gasteiger partial charge in [0.15, 0.2) is 16.9 Å². The molecule has 3 aliphatic heterocycles. The number of benzene rings is 1. The van der Waals surface area contributed by atoms with Crippen LogP contribution in [0.25, 0.3) is 11.1 Å². The van der Waals surface area contributed by atoms with Gasteiger partial charge in [-0.1, -0.05) is 11.2 Å². The molecule has 6 rings (SSSR count). The summed E-state index contributed by atoms with van der Waals surface area (Å²) in [6.07, 6.45) is 2.61. The highest BCUT2D eigenvalue weighted by Crippen LogP contribution is 2.37. The van der Waals surface area contributed by atoms with Gasteiger partial charge in [-0.15, -0.1) is 15.6 Å². The summed E-state index contributed by atoms with van der Waals surface area (Å²) < 4.78 is 44.3. The molecule has 0 radical (unpaired) electrons. The van der Waals surface area contributed by atoms with Crippen molar-refractivity contribution in [3.8, 4) is 16.9 Å². The number of hydrogen-bond acceptors (Lipinski definition) is 15. The van der Waals surface area contributed by atoms with Gasteiger partial charge in [0.2, 0.25) is 0 Å². The van der Waals surface area contributed by atoms with Crippen molar-refractivity contribution < 1.29 is 50.9 Å². The van der Waals surface area contributed by atoms with Gasteiger partial charge in [-0.05, 0) is 75.9 Å². The van der Waals surface area contributed by atoms with Crippen LogP contribution in [-0.2, 0) is 46.9 Å². The van der Waals surface area contributed by atoms with Gasteiger partial charge in [-0.3, -0.25) is 19.5 Å². The molecule has 5 heterocycles. The van der Waals surface area contributed by atoms with E-state index < -0.39 is 57.2 Å². The number of nitrogens with one attached hydrogen (secondary N) is 3. The first-order chi connectivity index (χ1) is 26.0. The second-order valence-electron chi connectivity index (χ2n) is 14.2. The molecule has 2 saturated heterocycles. The molecule has 21 heteroatoms. The predicted octanol–water partition coefficient (Wildman–Crippen LogP) is 0.458. The maximum Gasteiger partial charge on any atom is 0.418 e. The molecular weight excluding hydrogens is 759 g/mol. The molecular formula is C34H44N9O10S2+. The number of oxime groups is 1. The van der Waals surface area contributed by atoms with Crippen molar-refractivity contribution >= 4 is 56.2 Å². The van der Waals surface area contributed by atoms with Gasteiger partial charge in [0.1, 0.15) is 17.5 Å². The molecule has 0 bridgehead atoms. The number of β-lactam (4-membered cyclic amide) rings is 1. The number of hydroxylamine groups is 2. The lowest BCUT2D eigenvalue weighted by Crippen LogP contribution is -2.76. The molecule has 3 aliphatic rings. The molecule has 2 amide bonds. The number of aliphatic carboxylic acids is 1. The lowest BCUT2D eigenvalue weighted by molar-refractivity contribution is -0.690. The van der Waals surface area contributed by atoms with Crippen molar-refractivity contribution in [3.05, 3.63) is 53.2 Å². The summed E-state index contributed by atoms with van der Waals surface area (Å²) in [5.74, 6) is -1.40. The third-order valence-electron chi connectivity index (χ3n) is 9.84. The maximum atomic E-state index is 13.6. The van der Waals surface area contributed by atoms with Crippen LogP contribution in [0.15, 0.2) is 47.1 Å². The van der Waals surface area contributed by atoms with Gasteiger partial charge in [-0.2, -0.15) is 13.5 Å². The zero-order valence-corrected chi connectivity index (χ0v) is 32.0. The Bertz CT molecular complexity index is 2110. The quantitative estimate of drug-likeness (QED) is 0.0259. The van der Waals surface area contributed by atoms with Crippen LogP contribution >= 0.6 is 11.3 Å². The minimum absolute atomic E-state index is 0.0662. The van der Waals surface area contributed by atoms with E-state index in [9.17, 15) is 27.9 Å². The third-order valence-corrected chi connectivity index (χ3v) is 10.8. The van der Waals surface area contributed by atoms with Crippen molar-refractivity contribution in [1.29, 1.82) is 0 Å². The van der Waals surface area contributed by atoms with Crippen molar-refractivity contribution in [1.82, 2.24) is 20.7 Å². The van der Waals surface area contributed by atoms with Crippen LogP contribution < -0.4 is 36.7 Å². The number of rotatable bonds is 16. The first-order valence-corrected chi connectivity index (χ1v) is 19.8. The number of amides is 2. The van der Waals surface area contributed by atoms with Gasteiger partial charge in [0, 0.05) is 36.0 Å². The standard InChI is InChI=1S/C34H43N9O10S2/c1-33(2)28(30(45)43(33)53-55(48,49)50)40-29(44)27(23-18-54-32(36)39-23)41-52-34(3,31(46)47)25-9-6-21-13-20(5-8-24(21)51-25)22-7-10-26(38-12-4-11-35)42(17-22)16-19-14-37-15-19/h5,7-8,10,13,17-19,25,28,37H,4,6,9,11-12,14-16,35H2,1-3H3,(H5,36,39,40,44,46,47,48,49,50)/p+1/b41-27-. The highest BCUT2D eigenvalue weighted by molar-refractivity contribution is 7.80. The number of anilines is 2. The van der Waals surface area contributed by atoms with E-state index in [0.717, 1.165) is 66.4 Å². The number of thiazole rings is 1. The average molecular weight is 803 g/mol. The number of aryl methyl sites for hydroxylation is 1. The molecule has 2 aromatic heterocycles. The highest BCUT2D eigenvalue weighted by atomic mass is 32.3. The molecule has 9 N–H and O–H groups in total. The van der Waals surface area contributed by atoms with E-state index in [2.05, 4.69) is 53.3 Å². The van der Waals surface area contributed by atoms with Gasteiger partial charge in [0.25, 0.3) is 23.2 Å². The SMILES string of the molecule is CC(O/N=C(\C(=O)NC1C(=O)N(OS(=O)(=O)O)C1(C)C)c1csc(N)n1)(C(=O)O)C1CCc2cc(-c3ccc(NCCCN)[n+](CC4CNC4)c3)ccc2O1. The predicted molar refractivity (Wildman–Crippen MR) is 199 cm³/mol. The van der Waals surface area contributed by atoms with E-state index in [1.54, 1.807) is 6.07 Å². The number of carboxylic acids is 1. The van der Waals surface area contributed by atoms with Crippen LogP contribution in [0.2, 0.25) is 0 Å². The molecule has 0 aliphatic carbocycles. The smallest absolute Gasteiger partial charge is 0.418 e. The van der Waals surface area contributed by atoms with Crippen molar-refractivity contribution in [2.45, 2.75) is 69.9 Å². The van der Waals surface area contributed by atoms with Gasteiger partial charge in [0.05, 0.1) is 24.8 Å². The number of aromatic nitrogens is 2. The number of fused-ring (bicyclic) bond motifs is 1. The molecule has 296 valence electrons.